The maximum atomic E-state index is 7.69. The standard InChI is InChI=1S/C21H31N7O/c1-14-13-23-19(24-15-11-20(2,3)26-21(4,5)12-15)25-18(14)28(27-22)16-7-9-17(29-6)10-8-16/h7-10,13,15,22,26H,11-12H2,1-6H3,(H,23,24,25). The predicted octanol–water partition coefficient (Wildman–Crippen LogP) is 4.60. The number of rotatable bonds is 6. The molecule has 8 nitrogen and oxygen atoms in total. The van der Waals surface area contributed by atoms with Crippen molar-refractivity contribution in [1.82, 2.24) is 15.3 Å². The minimum atomic E-state index is 0.0264. The third kappa shape index (κ3) is 5.00. The molecular weight excluding hydrogens is 366 g/mol. The molecule has 3 N–H and O–H groups in total. The number of hydrogen-bond donors (Lipinski definition) is 3. The molecule has 1 saturated heterocycles. The lowest BCUT2D eigenvalue weighted by Gasteiger charge is -2.46. The monoisotopic (exact) mass is 397 g/mol. The maximum absolute atomic E-state index is 7.69. The third-order valence-electron chi connectivity index (χ3n) is 5.09. The Balaban J connectivity index is 1.86. The molecule has 0 radical (unpaired) electrons. The van der Waals surface area contributed by atoms with Crippen LogP contribution in [0.5, 0.6) is 5.75 Å². The Morgan fingerprint density at radius 1 is 1.17 bits per heavy atom. The van der Waals surface area contributed by atoms with E-state index in [4.69, 9.17) is 15.3 Å². The van der Waals surface area contributed by atoms with E-state index in [9.17, 15) is 0 Å². The van der Waals surface area contributed by atoms with Gasteiger partial charge in [0.1, 0.15) is 5.75 Å². The van der Waals surface area contributed by atoms with Crippen LogP contribution in [0.3, 0.4) is 0 Å². The Labute approximate surface area is 172 Å². The summed E-state index contributed by atoms with van der Waals surface area (Å²) in [4.78, 5) is 9.16. The molecule has 156 valence electrons. The van der Waals surface area contributed by atoms with E-state index in [1.165, 1.54) is 5.01 Å². The summed E-state index contributed by atoms with van der Waals surface area (Å²) < 4.78 is 5.21. The van der Waals surface area contributed by atoms with Crippen LogP contribution >= 0.6 is 0 Å². The molecule has 1 aromatic carbocycles. The van der Waals surface area contributed by atoms with Crippen molar-refractivity contribution in [3.8, 4) is 5.75 Å². The number of nitrogens with one attached hydrogen (secondary N) is 3. The Kier molecular flexibility index (Phi) is 5.75. The summed E-state index contributed by atoms with van der Waals surface area (Å²) in [6, 6.07) is 7.62. The molecule has 0 spiro atoms. The molecule has 3 rings (SSSR count). The normalized spacial score (nSPS) is 18.1. The van der Waals surface area contributed by atoms with Crippen molar-refractivity contribution in [1.29, 1.82) is 5.53 Å². The SMILES string of the molecule is COc1ccc(N(N=N)c2nc(NC3CC(C)(C)NC(C)(C)C3)ncc2C)cc1. The van der Waals surface area contributed by atoms with Crippen molar-refractivity contribution < 1.29 is 4.74 Å². The van der Waals surface area contributed by atoms with Gasteiger partial charge in [-0.1, -0.05) is 5.22 Å². The first-order valence-corrected chi connectivity index (χ1v) is 9.83. The summed E-state index contributed by atoms with van der Waals surface area (Å²) in [5.74, 6) is 1.87. The molecule has 2 aromatic rings. The van der Waals surface area contributed by atoms with Crippen molar-refractivity contribution in [2.45, 2.75) is 64.6 Å². The number of piperidine rings is 1. The molecule has 2 heterocycles. The van der Waals surface area contributed by atoms with Gasteiger partial charge in [-0.3, -0.25) is 0 Å². The van der Waals surface area contributed by atoms with Crippen molar-refractivity contribution in [2.24, 2.45) is 5.22 Å². The largest absolute Gasteiger partial charge is 0.497 e. The van der Waals surface area contributed by atoms with E-state index in [1.54, 1.807) is 13.3 Å². The van der Waals surface area contributed by atoms with E-state index in [-0.39, 0.29) is 17.1 Å². The van der Waals surface area contributed by atoms with Crippen LogP contribution in [0.1, 0.15) is 46.1 Å². The van der Waals surface area contributed by atoms with Crippen LogP contribution in [0.2, 0.25) is 0 Å². The minimum absolute atomic E-state index is 0.0264. The highest BCUT2D eigenvalue weighted by Crippen LogP contribution is 2.32. The average Bonchev–Trinajstić information content (AvgIpc) is 2.63. The highest BCUT2D eigenvalue weighted by atomic mass is 16.5. The van der Waals surface area contributed by atoms with Gasteiger partial charge in [0.25, 0.3) is 0 Å². The first kappa shape index (κ1) is 21.0. The van der Waals surface area contributed by atoms with Gasteiger partial charge in [-0.25, -0.2) is 4.98 Å². The van der Waals surface area contributed by atoms with Crippen LogP contribution < -0.4 is 20.4 Å². The van der Waals surface area contributed by atoms with E-state index in [2.05, 4.69) is 48.5 Å². The lowest BCUT2D eigenvalue weighted by molar-refractivity contribution is 0.170. The number of aryl methyl sites for hydroxylation is 1. The van der Waals surface area contributed by atoms with Crippen molar-refractivity contribution >= 4 is 17.5 Å². The summed E-state index contributed by atoms with van der Waals surface area (Å²) >= 11 is 0. The summed E-state index contributed by atoms with van der Waals surface area (Å²) in [5, 5.41) is 12.4. The molecular formula is C21H31N7O. The highest BCUT2D eigenvalue weighted by molar-refractivity contribution is 5.63. The molecule has 0 atom stereocenters. The zero-order chi connectivity index (χ0) is 21.2. The Morgan fingerprint density at radius 2 is 1.79 bits per heavy atom. The van der Waals surface area contributed by atoms with Crippen LogP contribution in [0.15, 0.2) is 35.7 Å². The maximum Gasteiger partial charge on any atom is 0.224 e. The van der Waals surface area contributed by atoms with E-state index in [1.807, 2.05) is 31.2 Å². The summed E-state index contributed by atoms with van der Waals surface area (Å²) in [5.41, 5.74) is 9.32. The van der Waals surface area contributed by atoms with E-state index in [0.717, 1.165) is 29.8 Å². The Morgan fingerprint density at radius 3 is 2.34 bits per heavy atom. The third-order valence-corrected chi connectivity index (χ3v) is 5.09. The number of anilines is 3. The number of ether oxygens (including phenoxy) is 1. The number of benzene rings is 1. The molecule has 1 aromatic heterocycles. The quantitative estimate of drug-likeness (QED) is 0.487. The molecule has 0 aliphatic carbocycles. The number of hydrogen-bond acceptors (Lipinski definition) is 7. The van der Waals surface area contributed by atoms with Crippen LogP contribution in [0, 0.1) is 12.5 Å². The highest BCUT2D eigenvalue weighted by Gasteiger charge is 2.37. The summed E-state index contributed by atoms with van der Waals surface area (Å²) in [6.07, 6.45) is 3.70. The van der Waals surface area contributed by atoms with Crippen LogP contribution in [0.25, 0.3) is 0 Å². The van der Waals surface area contributed by atoms with Gasteiger partial charge in [0, 0.05) is 28.9 Å². The van der Waals surface area contributed by atoms with E-state index < -0.39 is 0 Å². The Bertz CT molecular complexity index is 848. The minimum Gasteiger partial charge on any atom is -0.497 e. The van der Waals surface area contributed by atoms with Gasteiger partial charge >= 0.3 is 0 Å². The van der Waals surface area contributed by atoms with Crippen LogP contribution in [-0.4, -0.2) is 34.2 Å². The molecule has 0 bridgehead atoms. The second-order valence-corrected chi connectivity index (χ2v) is 8.95. The molecule has 1 fully saturated rings. The van der Waals surface area contributed by atoms with Gasteiger partial charge in [-0.2, -0.15) is 15.5 Å². The zero-order valence-corrected chi connectivity index (χ0v) is 18.1. The second kappa shape index (κ2) is 7.94. The fourth-order valence-corrected chi connectivity index (χ4v) is 4.27. The second-order valence-electron chi connectivity index (χ2n) is 8.95. The van der Waals surface area contributed by atoms with Gasteiger partial charge in [-0.05, 0) is 71.7 Å². The molecule has 8 heteroatoms. The zero-order valence-electron chi connectivity index (χ0n) is 18.1. The average molecular weight is 398 g/mol. The molecule has 1 aliphatic heterocycles. The molecule has 1 aliphatic rings. The van der Waals surface area contributed by atoms with Gasteiger partial charge in [0.2, 0.25) is 5.95 Å². The lowest BCUT2D eigenvalue weighted by Crippen LogP contribution is -2.60. The Hall–Kier alpha value is -2.74. The van der Waals surface area contributed by atoms with Crippen molar-refractivity contribution in [3.05, 3.63) is 36.0 Å². The predicted molar refractivity (Wildman–Crippen MR) is 115 cm³/mol. The van der Waals surface area contributed by atoms with E-state index in [0.29, 0.717) is 11.8 Å². The fraction of sp³-hybridized carbons (Fsp3) is 0.524. The lowest BCUT2D eigenvalue weighted by atomic mass is 9.80. The van der Waals surface area contributed by atoms with Crippen LogP contribution in [-0.2, 0) is 0 Å². The molecule has 0 saturated carbocycles. The van der Waals surface area contributed by atoms with Gasteiger partial charge in [-0.15, -0.1) is 0 Å². The van der Waals surface area contributed by atoms with Gasteiger partial charge in [0.15, 0.2) is 5.82 Å². The smallest absolute Gasteiger partial charge is 0.224 e. The summed E-state index contributed by atoms with van der Waals surface area (Å²) in [6.45, 7) is 10.8. The number of aromatic nitrogens is 2. The van der Waals surface area contributed by atoms with Crippen molar-refractivity contribution in [3.63, 3.8) is 0 Å². The van der Waals surface area contributed by atoms with Crippen molar-refractivity contribution in [2.75, 3.05) is 17.4 Å². The van der Waals surface area contributed by atoms with Gasteiger partial charge in [0.05, 0.1) is 12.8 Å². The fourth-order valence-electron chi connectivity index (χ4n) is 4.27. The van der Waals surface area contributed by atoms with Crippen LogP contribution in [0.4, 0.5) is 17.5 Å². The first-order valence-electron chi connectivity index (χ1n) is 9.83. The topological polar surface area (TPSA) is 98.5 Å². The van der Waals surface area contributed by atoms with Gasteiger partial charge < -0.3 is 15.4 Å². The molecule has 0 unspecified atom stereocenters. The number of methoxy groups -OCH3 is 1. The van der Waals surface area contributed by atoms with E-state index >= 15 is 0 Å². The molecule has 0 amide bonds. The first-order chi connectivity index (χ1) is 13.6. The molecule has 29 heavy (non-hydrogen) atoms. The number of nitrogens with zero attached hydrogens (tertiary/aromatic N) is 4. The summed E-state index contributed by atoms with van der Waals surface area (Å²) in [7, 11) is 1.62.